The summed E-state index contributed by atoms with van der Waals surface area (Å²) in [6, 6.07) is 21.5. The van der Waals surface area contributed by atoms with Gasteiger partial charge in [0.1, 0.15) is 24.0 Å². The molecule has 1 fully saturated rings. The summed E-state index contributed by atoms with van der Waals surface area (Å²) in [6.07, 6.45) is 6.01. The molecule has 0 aromatic heterocycles. The lowest BCUT2D eigenvalue weighted by atomic mass is 9.86. The van der Waals surface area contributed by atoms with Crippen LogP contribution >= 0.6 is 11.6 Å². The first-order chi connectivity index (χ1) is 16.0. The molecule has 5 heteroatoms. The van der Waals surface area contributed by atoms with Crippen molar-refractivity contribution in [1.29, 1.82) is 5.26 Å². The number of benzene rings is 3. The Hall–Kier alpha value is -3.29. The molecular weight excluding hydrogens is 432 g/mol. The topological polar surface area (TPSA) is 62.1 Å². The lowest BCUT2D eigenvalue weighted by Crippen LogP contribution is -2.41. The number of amides is 1. The van der Waals surface area contributed by atoms with Gasteiger partial charge in [0.25, 0.3) is 5.91 Å². The Balaban J connectivity index is 1.65. The summed E-state index contributed by atoms with van der Waals surface area (Å²) in [4.78, 5) is 13.0. The number of nitriles is 1. The van der Waals surface area contributed by atoms with E-state index in [2.05, 4.69) is 18.3 Å². The van der Waals surface area contributed by atoms with Crippen LogP contribution in [0.25, 0.3) is 16.8 Å². The first kappa shape index (κ1) is 22.9. The fourth-order valence-electron chi connectivity index (χ4n) is 4.36. The van der Waals surface area contributed by atoms with E-state index in [1.807, 2.05) is 60.7 Å². The van der Waals surface area contributed by atoms with Gasteiger partial charge in [-0.25, -0.2) is 0 Å². The number of fused-ring (bicyclic) bond motifs is 1. The third kappa shape index (κ3) is 5.56. The van der Waals surface area contributed by atoms with Gasteiger partial charge in [-0.15, -0.1) is 0 Å². The summed E-state index contributed by atoms with van der Waals surface area (Å²) in [5.74, 6) is 0.710. The van der Waals surface area contributed by atoms with Crippen LogP contribution < -0.4 is 10.1 Å². The molecule has 1 amide bonds. The number of nitrogens with one attached hydrogen (secondary N) is 1. The highest BCUT2D eigenvalue weighted by Gasteiger charge is 2.24. The van der Waals surface area contributed by atoms with Crippen molar-refractivity contribution in [3.63, 3.8) is 0 Å². The smallest absolute Gasteiger partial charge is 0.262 e. The van der Waals surface area contributed by atoms with Gasteiger partial charge in [-0.3, -0.25) is 4.79 Å². The second-order valence-electron chi connectivity index (χ2n) is 8.63. The average molecular weight is 459 g/mol. The number of carbonyl (C=O) groups excluding carboxylic acids is 1. The van der Waals surface area contributed by atoms with Crippen molar-refractivity contribution in [3.05, 3.63) is 82.4 Å². The molecule has 0 bridgehead atoms. The third-order valence-corrected chi connectivity index (χ3v) is 6.57. The van der Waals surface area contributed by atoms with Crippen LogP contribution in [-0.4, -0.2) is 11.9 Å². The largest absolute Gasteiger partial charge is 0.488 e. The summed E-state index contributed by atoms with van der Waals surface area (Å²) in [5, 5.41) is 15.5. The van der Waals surface area contributed by atoms with Crippen molar-refractivity contribution in [2.75, 3.05) is 0 Å². The molecule has 3 aromatic rings. The SMILES string of the molecule is C[C@@H]1CCCC[C@H]1NC(=O)/C(C#N)=C/c1c(OCc2ccc(Cl)cc2)ccc2ccccc12. The number of carbonyl (C=O) groups is 1. The van der Waals surface area contributed by atoms with E-state index in [9.17, 15) is 10.1 Å². The summed E-state index contributed by atoms with van der Waals surface area (Å²) in [5.41, 5.74) is 1.79. The Morgan fingerprint density at radius 3 is 2.64 bits per heavy atom. The zero-order valence-corrected chi connectivity index (χ0v) is 19.4. The predicted molar refractivity (Wildman–Crippen MR) is 133 cm³/mol. The molecule has 1 aliphatic carbocycles. The Labute approximate surface area is 199 Å². The van der Waals surface area contributed by atoms with E-state index in [0.717, 1.165) is 41.2 Å². The van der Waals surface area contributed by atoms with Crippen LogP contribution in [0.4, 0.5) is 0 Å². The molecule has 4 rings (SSSR count). The number of hydrogen-bond donors (Lipinski definition) is 1. The highest BCUT2D eigenvalue weighted by molar-refractivity contribution is 6.30. The number of hydrogen-bond acceptors (Lipinski definition) is 3. The number of nitrogens with zero attached hydrogens (tertiary/aromatic N) is 1. The fourth-order valence-corrected chi connectivity index (χ4v) is 4.49. The zero-order chi connectivity index (χ0) is 23.2. The maximum Gasteiger partial charge on any atom is 0.262 e. The van der Waals surface area contributed by atoms with Gasteiger partial charge >= 0.3 is 0 Å². The molecule has 1 aliphatic rings. The lowest BCUT2D eigenvalue weighted by Gasteiger charge is -2.29. The molecule has 168 valence electrons. The zero-order valence-electron chi connectivity index (χ0n) is 18.7. The van der Waals surface area contributed by atoms with Crippen LogP contribution in [0.5, 0.6) is 5.75 Å². The van der Waals surface area contributed by atoms with E-state index in [1.165, 1.54) is 6.42 Å². The maximum absolute atomic E-state index is 13.0. The molecular formula is C28H27ClN2O2. The van der Waals surface area contributed by atoms with Crippen LogP contribution in [0.2, 0.25) is 5.02 Å². The highest BCUT2D eigenvalue weighted by Crippen LogP contribution is 2.31. The van der Waals surface area contributed by atoms with E-state index in [4.69, 9.17) is 16.3 Å². The minimum Gasteiger partial charge on any atom is -0.488 e. The van der Waals surface area contributed by atoms with Gasteiger partial charge in [0, 0.05) is 16.6 Å². The van der Waals surface area contributed by atoms with Crippen LogP contribution in [0.3, 0.4) is 0 Å². The van der Waals surface area contributed by atoms with Crippen LogP contribution in [0.15, 0.2) is 66.2 Å². The highest BCUT2D eigenvalue weighted by atomic mass is 35.5. The third-order valence-electron chi connectivity index (χ3n) is 6.32. The molecule has 0 spiro atoms. The van der Waals surface area contributed by atoms with Crippen molar-refractivity contribution in [2.45, 2.75) is 45.3 Å². The molecule has 0 heterocycles. The minimum atomic E-state index is -0.326. The van der Waals surface area contributed by atoms with Crippen molar-refractivity contribution in [1.82, 2.24) is 5.32 Å². The van der Waals surface area contributed by atoms with E-state index in [-0.39, 0.29) is 17.5 Å². The summed E-state index contributed by atoms with van der Waals surface area (Å²) < 4.78 is 6.13. The summed E-state index contributed by atoms with van der Waals surface area (Å²) >= 11 is 5.98. The van der Waals surface area contributed by atoms with Crippen molar-refractivity contribution < 1.29 is 9.53 Å². The molecule has 0 unspecified atom stereocenters. The Bertz CT molecular complexity index is 1210. The average Bonchev–Trinajstić information content (AvgIpc) is 2.84. The first-order valence-electron chi connectivity index (χ1n) is 11.4. The maximum atomic E-state index is 13.0. The number of rotatable bonds is 6. The number of ether oxygens (including phenoxy) is 1. The molecule has 1 N–H and O–H groups in total. The summed E-state index contributed by atoms with van der Waals surface area (Å²) in [7, 11) is 0. The Morgan fingerprint density at radius 1 is 1.12 bits per heavy atom. The van der Waals surface area contributed by atoms with Crippen LogP contribution in [0, 0.1) is 17.2 Å². The fraction of sp³-hybridized carbons (Fsp3) is 0.286. The number of halogens is 1. The second-order valence-corrected chi connectivity index (χ2v) is 9.06. The van der Waals surface area contributed by atoms with Crippen molar-refractivity contribution >= 4 is 34.4 Å². The van der Waals surface area contributed by atoms with E-state index >= 15 is 0 Å². The first-order valence-corrected chi connectivity index (χ1v) is 11.7. The Morgan fingerprint density at radius 2 is 1.88 bits per heavy atom. The van der Waals surface area contributed by atoms with Gasteiger partial charge < -0.3 is 10.1 Å². The normalized spacial score (nSPS) is 18.5. The van der Waals surface area contributed by atoms with Crippen molar-refractivity contribution in [2.24, 2.45) is 5.92 Å². The van der Waals surface area contributed by atoms with Crippen LogP contribution in [-0.2, 0) is 11.4 Å². The molecule has 0 aliphatic heterocycles. The molecule has 3 aromatic carbocycles. The van der Waals surface area contributed by atoms with Gasteiger partial charge in [-0.1, -0.05) is 73.8 Å². The van der Waals surface area contributed by atoms with Gasteiger partial charge in [0.05, 0.1) is 0 Å². The minimum absolute atomic E-state index is 0.0838. The predicted octanol–water partition coefficient (Wildman–Crippen LogP) is 6.67. The summed E-state index contributed by atoms with van der Waals surface area (Å²) in [6.45, 7) is 2.51. The van der Waals surface area contributed by atoms with Gasteiger partial charge in [0.15, 0.2) is 0 Å². The molecule has 33 heavy (non-hydrogen) atoms. The second kappa shape index (κ2) is 10.6. The van der Waals surface area contributed by atoms with E-state index in [1.54, 1.807) is 6.08 Å². The van der Waals surface area contributed by atoms with Gasteiger partial charge in [-0.05, 0) is 59.4 Å². The molecule has 0 saturated heterocycles. The molecule has 4 nitrogen and oxygen atoms in total. The Kier molecular flexibility index (Phi) is 7.32. The molecule has 2 atom stereocenters. The van der Waals surface area contributed by atoms with E-state index < -0.39 is 0 Å². The van der Waals surface area contributed by atoms with Gasteiger partial charge in [0.2, 0.25) is 0 Å². The standard InChI is InChI=1S/C28H27ClN2O2/c1-19-6-2-5-9-26(19)31-28(32)22(17-30)16-25-24-8-4-3-7-21(24)12-15-27(25)33-18-20-10-13-23(29)14-11-20/h3-4,7-8,10-16,19,26H,2,5-6,9,18H2,1H3,(H,31,32)/b22-16+/t19-,26-/m1/s1. The van der Waals surface area contributed by atoms with E-state index in [0.29, 0.717) is 23.3 Å². The monoisotopic (exact) mass is 458 g/mol. The molecule has 1 saturated carbocycles. The van der Waals surface area contributed by atoms with Crippen molar-refractivity contribution in [3.8, 4) is 11.8 Å². The van der Waals surface area contributed by atoms with Gasteiger partial charge in [-0.2, -0.15) is 5.26 Å². The molecule has 0 radical (unpaired) electrons. The lowest BCUT2D eigenvalue weighted by molar-refractivity contribution is -0.118. The quantitative estimate of drug-likeness (QED) is 0.331. The van der Waals surface area contributed by atoms with Crippen LogP contribution in [0.1, 0.15) is 43.7 Å².